The molecule has 0 aromatic heterocycles. The molecule has 0 saturated carbocycles. The zero-order valence-corrected chi connectivity index (χ0v) is 29.9. The first-order valence-corrected chi connectivity index (χ1v) is 16.2. The van der Waals surface area contributed by atoms with Gasteiger partial charge in [0.05, 0.1) is 21.2 Å². The Balaban J connectivity index is 0.000000277. The van der Waals surface area contributed by atoms with E-state index in [1.54, 1.807) is 42.5 Å². The number of aromatic hydroxyl groups is 2. The molecule has 2 aliphatic rings. The third-order valence-corrected chi connectivity index (χ3v) is 8.13. The van der Waals surface area contributed by atoms with E-state index < -0.39 is 20.7 Å². The second kappa shape index (κ2) is 17.6. The van der Waals surface area contributed by atoms with Crippen molar-refractivity contribution in [2.75, 3.05) is 16.2 Å². The average Bonchev–Trinajstić information content (AvgIpc) is 3.08. The number of nitro groups is 1. The minimum absolute atomic E-state index is 0. The van der Waals surface area contributed by atoms with Gasteiger partial charge in [-0.15, -0.1) is 0 Å². The minimum atomic E-state index is -3.92. The van der Waals surface area contributed by atoms with Gasteiger partial charge in [0.25, 0.3) is 5.69 Å². The number of sulfonamides is 1. The molecule has 19 heteroatoms. The Morgan fingerprint density at radius 2 is 1.34 bits per heavy atom. The van der Waals surface area contributed by atoms with Gasteiger partial charge in [0.1, 0.15) is 28.6 Å². The normalized spacial score (nSPS) is 14.1. The average molecular weight is 769 g/mol. The van der Waals surface area contributed by atoms with Crippen LogP contribution in [-0.4, -0.2) is 52.5 Å². The summed E-state index contributed by atoms with van der Waals surface area (Å²) in [6.07, 6.45) is 6.01. The number of carbonyl (C=O) groups excluding carboxylic acids is 3. The Morgan fingerprint density at radius 1 is 0.774 bits per heavy atom. The summed E-state index contributed by atoms with van der Waals surface area (Å²) in [5, 5.41) is 46.4. The smallest absolute Gasteiger partial charge is 0.506 e. The van der Waals surface area contributed by atoms with Crippen molar-refractivity contribution in [3.8, 4) is 11.5 Å². The number of carbonyl (C=O) groups is 3. The molecule has 2 aliphatic carbocycles. The van der Waals surface area contributed by atoms with E-state index in [1.807, 2.05) is 12.1 Å². The molecule has 1 amide bonds. The van der Waals surface area contributed by atoms with Crippen LogP contribution < -0.4 is 40.2 Å². The number of primary sulfonamides is 1. The fraction of sp³-hybridized carbons (Fsp3) is 0.0294. The van der Waals surface area contributed by atoms with Crippen LogP contribution in [0.3, 0.4) is 0 Å². The summed E-state index contributed by atoms with van der Waals surface area (Å²) in [5.41, 5.74) is 7.90. The Kier molecular flexibility index (Phi) is 13.8. The molecule has 4 aromatic rings. The van der Waals surface area contributed by atoms with Gasteiger partial charge in [-0.25, -0.2) is 13.6 Å². The molecule has 0 saturated heterocycles. The van der Waals surface area contributed by atoms with E-state index in [0.717, 1.165) is 29.8 Å². The molecule has 0 aliphatic heterocycles. The molecule has 6 rings (SSSR count). The zero-order valence-electron chi connectivity index (χ0n) is 27.8. The number of phenols is 2. The number of nitrogens with zero attached hydrogens (tertiary/aromatic N) is 3. The molecule has 0 spiro atoms. The van der Waals surface area contributed by atoms with Crippen molar-refractivity contribution >= 4 is 73.8 Å². The second-order valence-corrected chi connectivity index (χ2v) is 12.3. The monoisotopic (exact) mass is 768 g/mol. The van der Waals surface area contributed by atoms with Gasteiger partial charge in [-0.3, -0.25) is 35.3 Å². The van der Waals surface area contributed by atoms with Crippen molar-refractivity contribution in [1.82, 2.24) is 0 Å². The van der Waals surface area contributed by atoms with Crippen molar-refractivity contribution in [1.29, 1.82) is 0 Å². The summed E-state index contributed by atoms with van der Waals surface area (Å²) in [6.45, 7) is 1.34. The van der Waals surface area contributed by atoms with E-state index in [4.69, 9.17) is 5.14 Å². The molecular formula is C34H27CrLiN7O9S+. The number of phenolic OH excluding ortho intramolecular Hbond substituents is 2. The Morgan fingerprint density at radius 3 is 1.98 bits per heavy atom. The van der Waals surface area contributed by atoms with Crippen LogP contribution in [0.5, 0.6) is 11.5 Å². The van der Waals surface area contributed by atoms with Crippen LogP contribution in [0.2, 0.25) is 0 Å². The molecule has 16 nitrogen and oxygen atoms in total. The number of fused-ring (bicyclic) bond motifs is 2. The number of non-ortho nitro benzene ring substituents is 1. The summed E-state index contributed by atoms with van der Waals surface area (Å²) in [7, 11) is -3.92. The maximum atomic E-state index is 12.3. The largest absolute Gasteiger partial charge is 1.00 e. The first-order valence-electron chi connectivity index (χ1n) is 14.7. The van der Waals surface area contributed by atoms with Crippen molar-refractivity contribution < 1.29 is 74.2 Å². The SMILES string of the molecule is CC(=O)Nc1cccc2c1/C(=N/Nc1cc([N+](=O)[O-])ccc1O)C(=O)C=C2.NS(=O)(=O)c1ccc(O)c(N/N=C2\C(=O)C=Cc3ccccc32)c1.[Cr].[Li+]. The summed E-state index contributed by atoms with van der Waals surface area (Å²) >= 11 is 0. The number of allylic oxidation sites excluding steroid dienone is 2. The maximum absolute atomic E-state index is 12.3. The van der Waals surface area contributed by atoms with Crippen LogP contribution >= 0.6 is 0 Å². The van der Waals surface area contributed by atoms with E-state index in [1.165, 1.54) is 31.2 Å². The van der Waals surface area contributed by atoms with Crippen LogP contribution in [0.25, 0.3) is 12.2 Å². The number of anilines is 3. The van der Waals surface area contributed by atoms with Gasteiger partial charge in [-0.05, 0) is 53.6 Å². The van der Waals surface area contributed by atoms with Gasteiger partial charge in [-0.2, -0.15) is 10.2 Å². The van der Waals surface area contributed by atoms with Gasteiger partial charge < -0.3 is 15.5 Å². The molecule has 53 heavy (non-hydrogen) atoms. The minimum Gasteiger partial charge on any atom is -0.506 e. The first-order chi connectivity index (χ1) is 24.2. The number of amides is 1. The number of benzene rings is 4. The number of nitrogens with two attached hydrogens (primary N) is 1. The van der Waals surface area contributed by atoms with E-state index in [2.05, 4.69) is 26.4 Å². The molecule has 4 aromatic carbocycles. The predicted octanol–water partition coefficient (Wildman–Crippen LogP) is 1.12. The van der Waals surface area contributed by atoms with Crippen LogP contribution in [0.4, 0.5) is 22.7 Å². The number of rotatable bonds is 7. The fourth-order valence-electron chi connectivity index (χ4n) is 4.84. The molecule has 0 unspecified atom stereocenters. The molecular weight excluding hydrogens is 741 g/mol. The number of ketones is 2. The number of nitrogens with one attached hydrogen (secondary N) is 3. The molecule has 7 N–H and O–H groups in total. The first kappa shape index (κ1) is 41.6. The standard InChI is InChI=1S/C18H14N4O5.C16H13N3O4S.Cr.Li/c1-10(23)19-13-4-2-3-11-5-7-16(25)18(17(11)13)21-20-14-9-12(22(26)27)6-8-15(14)24;17-24(22,23)11-6-8-14(20)13(9-11)18-19-16-12-4-2-1-3-10(12)5-7-15(16)21;;/h2-9,20,24H,1H3,(H,19,23);1-9,18,20H,(H2,17,22,23);;/q;;;+1/b21-18+;19-16-;;. The van der Waals surface area contributed by atoms with Crippen LogP contribution in [0, 0.1) is 10.1 Å². The Labute approximate surface area is 324 Å². The van der Waals surface area contributed by atoms with Crippen LogP contribution in [0.1, 0.15) is 29.2 Å². The van der Waals surface area contributed by atoms with Crippen LogP contribution in [0.15, 0.2) is 106 Å². The quantitative estimate of drug-likeness (QED) is 0.0672. The number of nitro benzene ring substituents is 1. The van der Waals surface area contributed by atoms with Gasteiger partial charge in [0.15, 0.2) is 0 Å². The number of hydrogen-bond donors (Lipinski definition) is 6. The molecule has 0 heterocycles. The molecule has 0 radical (unpaired) electrons. The van der Waals surface area contributed by atoms with Gasteiger partial charge in [-0.1, -0.05) is 48.6 Å². The summed E-state index contributed by atoms with van der Waals surface area (Å²) in [6, 6.07) is 19.2. The summed E-state index contributed by atoms with van der Waals surface area (Å²) in [4.78, 5) is 45.9. The zero-order chi connectivity index (χ0) is 36.9. The van der Waals surface area contributed by atoms with Crippen molar-refractivity contribution in [3.05, 3.63) is 123 Å². The number of hydrazone groups is 2. The van der Waals surface area contributed by atoms with Crippen molar-refractivity contribution in [2.24, 2.45) is 15.3 Å². The Bertz CT molecular complexity index is 2360. The van der Waals surface area contributed by atoms with Crippen LogP contribution in [-0.2, 0) is 41.8 Å². The molecule has 0 atom stereocenters. The predicted molar refractivity (Wildman–Crippen MR) is 190 cm³/mol. The molecule has 264 valence electrons. The van der Waals surface area contributed by atoms with E-state index in [-0.39, 0.29) is 92.8 Å². The van der Waals surface area contributed by atoms with Crippen molar-refractivity contribution in [3.63, 3.8) is 0 Å². The van der Waals surface area contributed by atoms with E-state index >= 15 is 0 Å². The second-order valence-electron chi connectivity index (χ2n) is 10.8. The fourth-order valence-corrected chi connectivity index (χ4v) is 5.38. The van der Waals surface area contributed by atoms with Gasteiger partial charge in [0, 0.05) is 47.5 Å². The summed E-state index contributed by atoms with van der Waals surface area (Å²) in [5.74, 6) is -1.52. The van der Waals surface area contributed by atoms with Crippen molar-refractivity contribution in [2.45, 2.75) is 11.8 Å². The Hall–Kier alpha value is -5.85. The molecule has 0 fully saturated rings. The van der Waals surface area contributed by atoms with Gasteiger partial charge >= 0.3 is 18.9 Å². The van der Waals surface area contributed by atoms with E-state index in [0.29, 0.717) is 22.4 Å². The van der Waals surface area contributed by atoms with E-state index in [9.17, 15) is 43.1 Å². The summed E-state index contributed by atoms with van der Waals surface area (Å²) < 4.78 is 22.8. The third-order valence-electron chi connectivity index (χ3n) is 7.22. The van der Waals surface area contributed by atoms with Gasteiger partial charge in [0.2, 0.25) is 27.5 Å². The topological polar surface area (TPSA) is 256 Å². The third kappa shape index (κ3) is 9.94. The molecule has 0 bridgehead atoms. The maximum Gasteiger partial charge on any atom is 1.00 e. The number of hydrogen-bond acceptors (Lipinski definition) is 13.